The molecular formula is C20H30N2O4. The van der Waals surface area contributed by atoms with Crippen molar-refractivity contribution in [2.45, 2.75) is 59.0 Å². The third kappa shape index (κ3) is 8.14. The molecule has 0 aliphatic carbocycles. The first-order valence-electron chi connectivity index (χ1n) is 9.05. The second-order valence-corrected chi connectivity index (χ2v) is 7.44. The van der Waals surface area contributed by atoms with E-state index < -0.39 is 24.0 Å². The Hall–Kier alpha value is -2.37. The zero-order valence-electron chi connectivity index (χ0n) is 16.0. The van der Waals surface area contributed by atoms with Gasteiger partial charge < -0.3 is 15.7 Å². The normalized spacial score (nSPS) is 13.3. The minimum atomic E-state index is -1.06. The number of carboxylic acid groups (broad SMARTS) is 1. The van der Waals surface area contributed by atoms with Crippen LogP contribution in [0.5, 0.6) is 0 Å². The summed E-state index contributed by atoms with van der Waals surface area (Å²) in [5.41, 5.74) is 0.858. The van der Waals surface area contributed by atoms with E-state index in [1.54, 1.807) is 0 Å². The highest BCUT2D eigenvalue weighted by molar-refractivity contribution is 5.90. The molecule has 2 amide bonds. The van der Waals surface area contributed by atoms with Gasteiger partial charge in [0.05, 0.1) is 6.42 Å². The van der Waals surface area contributed by atoms with Crippen molar-refractivity contribution >= 4 is 17.8 Å². The quantitative estimate of drug-likeness (QED) is 0.595. The van der Waals surface area contributed by atoms with Gasteiger partial charge in [-0.15, -0.1) is 0 Å². The molecule has 144 valence electrons. The average molecular weight is 362 g/mol. The fourth-order valence-corrected chi connectivity index (χ4v) is 2.69. The fraction of sp³-hybridized carbons (Fsp3) is 0.550. The van der Waals surface area contributed by atoms with Crippen LogP contribution < -0.4 is 10.6 Å². The summed E-state index contributed by atoms with van der Waals surface area (Å²) in [6, 6.07) is 7.56. The van der Waals surface area contributed by atoms with Crippen molar-refractivity contribution in [1.29, 1.82) is 0 Å². The zero-order chi connectivity index (χ0) is 19.7. The van der Waals surface area contributed by atoms with Crippen LogP contribution in [-0.2, 0) is 20.8 Å². The summed E-state index contributed by atoms with van der Waals surface area (Å²) in [5, 5.41) is 14.6. The number of carbonyl (C=O) groups is 3. The Bertz CT molecular complexity index is 599. The Morgan fingerprint density at radius 1 is 0.885 bits per heavy atom. The van der Waals surface area contributed by atoms with E-state index in [2.05, 4.69) is 10.6 Å². The number of amides is 2. The first-order valence-corrected chi connectivity index (χ1v) is 9.05. The molecule has 0 fully saturated rings. The number of nitrogens with one attached hydrogen (secondary N) is 2. The molecule has 1 rings (SSSR count). The molecule has 2 atom stereocenters. The van der Waals surface area contributed by atoms with Crippen LogP contribution in [0.3, 0.4) is 0 Å². The predicted molar refractivity (Wildman–Crippen MR) is 101 cm³/mol. The molecule has 0 saturated carbocycles. The summed E-state index contributed by atoms with van der Waals surface area (Å²) in [6.07, 6.45) is 0.963. The Morgan fingerprint density at radius 2 is 1.42 bits per heavy atom. The van der Waals surface area contributed by atoms with Gasteiger partial charge >= 0.3 is 5.97 Å². The highest BCUT2D eigenvalue weighted by Crippen LogP contribution is 2.09. The molecule has 0 aliphatic heterocycles. The summed E-state index contributed by atoms with van der Waals surface area (Å²) in [4.78, 5) is 36.2. The van der Waals surface area contributed by atoms with Crippen LogP contribution in [0.2, 0.25) is 0 Å². The average Bonchev–Trinajstić information content (AvgIpc) is 2.53. The van der Waals surface area contributed by atoms with Gasteiger partial charge in [0.15, 0.2) is 0 Å². The molecule has 0 saturated heterocycles. The number of carboxylic acids is 1. The lowest BCUT2D eigenvalue weighted by atomic mass is 10.00. The van der Waals surface area contributed by atoms with Crippen molar-refractivity contribution < 1.29 is 19.5 Å². The molecule has 0 heterocycles. The third-order valence-corrected chi connectivity index (χ3v) is 3.89. The smallest absolute Gasteiger partial charge is 0.326 e. The second-order valence-electron chi connectivity index (χ2n) is 7.44. The lowest BCUT2D eigenvalue weighted by Crippen LogP contribution is -2.52. The molecule has 1 aromatic carbocycles. The molecule has 0 radical (unpaired) electrons. The first kappa shape index (κ1) is 21.7. The third-order valence-electron chi connectivity index (χ3n) is 3.89. The van der Waals surface area contributed by atoms with Crippen molar-refractivity contribution in [2.75, 3.05) is 0 Å². The molecule has 3 N–H and O–H groups in total. The topological polar surface area (TPSA) is 95.5 Å². The molecule has 0 unspecified atom stereocenters. The lowest BCUT2D eigenvalue weighted by Gasteiger charge is -2.23. The van der Waals surface area contributed by atoms with Crippen LogP contribution in [0.25, 0.3) is 0 Å². The number of hydrogen-bond donors (Lipinski definition) is 3. The number of aliphatic carboxylic acids is 1. The summed E-state index contributed by atoms with van der Waals surface area (Å²) < 4.78 is 0. The number of benzene rings is 1. The van der Waals surface area contributed by atoms with Crippen LogP contribution in [0.4, 0.5) is 0 Å². The molecule has 26 heavy (non-hydrogen) atoms. The Kier molecular flexibility index (Phi) is 8.82. The summed E-state index contributed by atoms with van der Waals surface area (Å²) in [5.74, 6) is -1.46. The summed E-state index contributed by atoms with van der Waals surface area (Å²) in [7, 11) is 0. The largest absolute Gasteiger partial charge is 0.480 e. The van der Waals surface area contributed by atoms with Gasteiger partial charge in [0.1, 0.15) is 12.1 Å². The van der Waals surface area contributed by atoms with Crippen molar-refractivity contribution in [1.82, 2.24) is 10.6 Å². The van der Waals surface area contributed by atoms with Gasteiger partial charge in [-0.2, -0.15) is 0 Å². The number of carbonyl (C=O) groups excluding carboxylic acids is 2. The molecule has 0 aromatic heterocycles. The van der Waals surface area contributed by atoms with Crippen molar-refractivity contribution in [3.63, 3.8) is 0 Å². The van der Waals surface area contributed by atoms with Gasteiger partial charge in [-0.25, -0.2) is 4.79 Å². The lowest BCUT2D eigenvalue weighted by molar-refractivity contribution is -0.142. The van der Waals surface area contributed by atoms with Crippen LogP contribution in [-0.4, -0.2) is 35.0 Å². The van der Waals surface area contributed by atoms with E-state index in [1.807, 2.05) is 58.0 Å². The maximum atomic E-state index is 12.6. The van der Waals surface area contributed by atoms with E-state index >= 15 is 0 Å². The van der Waals surface area contributed by atoms with Gasteiger partial charge in [0, 0.05) is 0 Å². The van der Waals surface area contributed by atoms with Crippen molar-refractivity contribution in [3.05, 3.63) is 35.9 Å². The summed E-state index contributed by atoms with van der Waals surface area (Å²) in [6.45, 7) is 7.70. The minimum Gasteiger partial charge on any atom is -0.480 e. The van der Waals surface area contributed by atoms with Crippen molar-refractivity contribution in [2.24, 2.45) is 11.8 Å². The van der Waals surface area contributed by atoms with E-state index in [-0.39, 0.29) is 24.2 Å². The van der Waals surface area contributed by atoms with E-state index in [1.165, 1.54) is 0 Å². The molecule has 6 heteroatoms. The Morgan fingerprint density at radius 3 is 1.92 bits per heavy atom. The van der Waals surface area contributed by atoms with Crippen LogP contribution in [0, 0.1) is 11.8 Å². The van der Waals surface area contributed by atoms with E-state index in [4.69, 9.17) is 0 Å². The number of rotatable bonds is 10. The first-order chi connectivity index (χ1) is 12.2. The molecule has 6 nitrogen and oxygen atoms in total. The van der Waals surface area contributed by atoms with Gasteiger partial charge in [-0.3, -0.25) is 9.59 Å². The fourth-order valence-electron chi connectivity index (χ4n) is 2.69. The molecule has 0 aliphatic rings. The van der Waals surface area contributed by atoms with Crippen molar-refractivity contribution in [3.8, 4) is 0 Å². The van der Waals surface area contributed by atoms with Crippen LogP contribution >= 0.6 is 0 Å². The maximum absolute atomic E-state index is 12.6. The summed E-state index contributed by atoms with van der Waals surface area (Å²) >= 11 is 0. The maximum Gasteiger partial charge on any atom is 0.326 e. The molecule has 1 aromatic rings. The molecular weight excluding hydrogens is 332 g/mol. The van der Waals surface area contributed by atoms with E-state index in [0.29, 0.717) is 12.8 Å². The minimum absolute atomic E-state index is 0.132. The number of hydrogen-bond acceptors (Lipinski definition) is 3. The van der Waals surface area contributed by atoms with Gasteiger partial charge in [0.2, 0.25) is 11.8 Å². The highest BCUT2D eigenvalue weighted by Gasteiger charge is 2.27. The standard InChI is InChI=1S/C20H30N2O4/c1-13(2)10-16(19(24)22-17(20(25)26)11-14(3)4)21-18(23)12-15-8-6-5-7-9-15/h5-9,13-14,16-17H,10-12H2,1-4H3,(H,21,23)(H,22,24)(H,25,26)/t16-,17+/m0/s1. The monoisotopic (exact) mass is 362 g/mol. The Labute approximate surface area is 155 Å². The Balaban J connectivity index is 2.76. The van der Waals surface area contributed by atoms with Gasteiger partial charge in [0.25, 0.3) is 0 Å². The van der Waals surface area contributed by atoms with Crippen LogP contribution in [0.15, 0.2) is 30.3 Å². The SMILES string of the molecule is CC(C)C[C@H](NC(=O)Cc1ccccc1)C(=O)N[C@H](CC(C)C)C(=O)O. The zero-order valence-corrected chi connectivity index (χ0v) is 16.0. The van der Waals surface area contributed by atoms with Gasteiger partial charge in [-0.1, -0.05) is 58.0 Å². The van der Waals surface area contributed by atoms with Crippen LogP contribution in [0.1, 0.15) is 46.1 Å². The molecule has 0 bridgehead atoms. The predicted octanol–water partition coefficient (Wildman–Crippen LogP) is 2.38. The van der Waals surface area contributed by atoms with E-state index in [0.717, 1.165) is 5.56 Å². The van der Waals surface area contributed by atoms with Gasteiger partial charge in [-0.05, 0) is 30.2 Å². The molecule has 0 spiro atoms. The highest BCUT2D eigenvalue weighted by atomic mass is 16.4. The van der Waals surface area contributed by atoms with E-state index in [9.17, 15) is 19.5 Å². The second kappa shape index (κ2) is 10.6.